The highest BCUT2D eigenvalue weighted by Gasteiger charge is 1.94. The van der Waals surface area contributed by atoms with E-state index < -0.39 is 0 Å². The molecule has 15 heavy (non-hydrogen) atoms. The van der Waals surface area contributed by atoms with Crippen molar-refractivity contribution in [1.82, 2.24) is 10.6 Å². The molecule has 0 amide bonds. The van der Waals surface area contributed by atoms with Crippen LogP contribution < -0.4 is 10.6 Å². The van der Waals surface area contributed by atoms with E-state index >= 15 is 0 Å². The van der Waals surface area contributed by atoms with Gasteiger partial charge in [-0.2, -0.15) is 0 Å². The van der Waals surface area contributed by atoms with E-state index in [0.717, 1.165) is 24.0 Å². The number of nitrogens with one attached hydrogen (secondary N) is 2. The number of thioether (sulfide) groups is 1. The molecule has 1 aromatic rings. The summed E-state index contributed by atoms with van der Waals surface area (Å²) in [6, 6.07) is 10.4. The van der Waals surface area contributed by atoms with Gasteiger partial charge in [-0.15, -0.1) is 11.8 Å². The summed E-state index contributed by atoms with van der Waals surface area (Å²) in [6.07, 6.45) is 0. The first-order valence-corrected chi connectivity index (χ1v) is 6.42. The van der Waals surface area contributed by atoms with Crippen LogP contribution in [0, 0.1) is 0 Å². The number of thiocarbonyl (C=S) groups is 1. The zero-order valence-electron chi connectivity index (χ0n) is 8.82. The molecule has 0 unspecified atom stereocenters. The highest BCUT2D eigenvalue weighted by Crippen LogP contribution is 2.15. The van der Waals surface area contributed by atoms with Gasteiger partial charge < -0.3 is 10.6 Å². The van der Waals surface area contributed by atoms with Crippen LogP contribution in [0.4, 0.5) is 0 Å². The maximum Gasteiger partial charge on any atom is 0.166 e. The summed E-state index contributed by atoms with van der Waals surface area (Å²) in [7, 11) is 0. The second-order valence-electron chi connectivity index (χ2n) is 2.95. The summed E-state index contributed by atoms with van der Waals surface area (Å²) in [5, 5.41) is 6.95. The van der Waals surface area contributed by atoms with E-state index in [1.165, 1.54) is 4.90 Å². The first-order chi connectivity index (χ1) is 7.33. The Morgan fingerprint density at radius 1 is 1.27 bits per heavy atom. The summed E-state index contributed by atoms with van der Waals surface area (Å²) < 4.78 is 0. The van der Waals surface area contributed by atoms with Crippen LogP contribution in [-0.2, 0) is 0 Å². The molecule has 4 heteroatoms. The van der Waals surface area contributed by atoms with Gasteiger partial charge in [0.2, 0.25) is 0 Å². The minimum Gasteiger partial charge on any atom is -0.363 e. The molecule has 0 radical (unpaired) electrons. The second kappa shape index (κ2) is 7.54. The van der Waals surface area contributed by atoms with Gasteiger partial charge in [0, 0.05) is 23.7 Å². The normalized spacial score (nSPS) is 9.67. The van der Waals surface area contributed by atoms with Crippen LogP contribution in [0.2, 0.25) is 0 Å². The first-order valence-electron chi connectivity index (χ1n) is 5.02. The Hall–Kier alpha value is -0.740. The topological polar surface area (TPSA) is 24.1 Å². The van der Waals surface area contributed by atoms with Crippen molar-refractivity contribution in [2.75, 3.05) is 18.8 Å². The van der Waals surface area contributed by atoms with Gasteiger partial charge in [-0.05, 0) is 31.3 Å². The molecule has 0 atom stereocenters. The lowest BCUT2D eigenvalue weighted by atomic mass is 10.4. The van der Waals surface area contributed by atoms with Crippen molar-refractivity contribution in [2.24, 2.45) is 0 Å². The minimum atomic E-state index is 0.742. The minimum absolute atomic E-state index is 0.742. The molecule has 0 aliphatic heterocycles. The number of benzene rings is 1. The zero-order chi connectivity index (χ0) is 10.9. The van der Waals surface area contributed by atoms with Gasteiger partial charge in [0.15, 0.2) is 5.11 Å². The fourth-order valence-electron chi connectivity index (χ4n) is 1.07. The average Bonchev–Trinajstić information content (AvgIpc) is 2.26. The van der Waals surface area contributed by atoms with Crippen LogP contribution in [0.15, 0.2) is 35.2 Å². The van der Waals surface area contributed by atoms with E-state index in [-0.39, 0.29) is 0 Å². The molecule has 1 aromatic carbocycles. The standard InChI is InChI=1S/C11H16N2S2/c1-2-12-11(14)13-8-9-15-10-6-4-3-5-7-10/h3-7H,2,8-9H2,1H3,(H2,12,13,14). The smallest absolute Gasteiger partial charge is 0.166 e. The molecule has 0 spiro atoms. The van der Waals surface area contributed by atoms with Gasteiger partial charge in [0.05, 0.1) is 0 Å². The van der Waals surface area contributed by atoms with Crippen molar-refractivity contribution in [3.63, 3.8) is 0 Å². The Balaban J connectivity index is 2.10. The van der Waals surface area contributed by atoms with Crippen molar-refractivity contribution in [3.8, 4) is 0 Å². The predicted octanol–water partition coefficient (Wildman–Crippen LogP) is 2.26. The predicted molar refractivity (Wildman–Crippen MR) is 71.4 cm³/mol. The number of rotatable bonds is 5. The molecule has 0 aliphatic rings. The molecule has 0 fully saturated rings. The molecule has 2 nitrogen and oxygen atoms in total. The highest BCUT2D eigenvalue weighted by atomic mass is 32.2. The maximum absolute atomic E-state index is 5.05. The molecule has 1 rings (SSSR count). The zero-order valence-corrected chi connectivity index (χ0v) is 10.5. The third kappa shape index (κ3) is 5.64. The van der Waals surface area contributed by atoms with E-state index in [2.05, 4.69) is 34.9 Å². The van der Waals surface area contributed by atoms with Crippen molar-refractivity contribution >= 4 is 29.1 Å². The Bertz CT molecular complexity index is 288. The van der Waals surface area contributed by atoms with Crippen LogP contribution in [0.3, 0.4) is 0 Å². The summed E-state index contributed by atoms with van der Waals surface area (Å²) in [4.78, 5) is 1.30. The molecule has 0 bridgehead atoms. The molecule has 0 saturated heterocycles. The van der Waals surface area contributed by atoms with Crippen molar-refractivity contribution in [2.45, 2.75) is 11.8 Å². The van der Waals surface area contributed by atoms with Crippen LogP contribution in [0.1, 0.15) is 6.92 Å². The second-order valence-corrected chi connectivity index (χ2v) is 4.52. The highest BCUT2D eigenvalue weighted by molar-refractivity contribution is 7.99. The molecule has 0 saturated carbocycles. The van der Waals surface area contributed by atoms with Crippen LogP contribution in [0.5, 0.6) is 0 Å². The number of hydrogen-bond acceptors (Lipinski definition) is 2. The third-order valence-electron chi connectivity index (χ3n) is 1.74. The SMILES string of the molecule is CCNC(=S)NCCSc1ccccc1. The molecule has 82 valence electrons. The van der Waals surface area contributed by atoms with Gasteiger partial charge in [-0.1, -0.05) is 18.2 Å². The van der Waals surface area contributed by atoms with E-state index in [4.69, 9.17) is 12.2 Å². The monoisotopic (exact) mass is 240 g/mol. The number of hydrogen-bond donors (Lipinski definition) is 2. The lowest BCUT2D eigenvalue weighted by molar-refractivity contribution is 0.887. The lowest BCUT2D eigenvalue weighted by Crippen LogP contribution is -2.36. The van der Waals surface area contributed by atoms with Crippen LogP contribution in [-0.4, -0.2) is 24.0 Å². The van der Waals surface area contributed by atoms with Gasteiger partial charge in [-0.3, -0.25) is 0 Å². The fraction of sp³-hybridized carbons (Fsp3) is 0.364. The van der Waals surface area contributed by atoms with Crippen molar-refractivity contribution < 1.29 is 0 Å². The Morgan fingerprint density at radius 2 is 2.00 bits per heavy atom. The Morgan fingerprint density at radius 3 is 2.67 bits per heavy atom. The summed E-state index contributed by atoms with van der Waals surface area (Å²) in [6.45, 7) is 3.80. The fourth-order valence-corrected chi connectivity index (χ4v) is 2.11. The van der Waals surface area contributed by atoms with Crippen molar-refractivity contribution in [3.05, 3.63) is 30.3 Å². The molecule has 0 aromatic heterocycles. The average molecular weight is 240 g/mol. The largest absolute Gasteiger partial charge is 0.363 e. The molecular formula is C11H16N2S2. The van der Waals surface area contributed by atoms with E-state index in [1.54, 1.807) is 0 Å². The molecule has 2 N–H and O–H groups in total. The molecule has 0 aliphatic carbocycles. The summed E-state index contributed by atoms with van der Waals surface area (Å²) in [5.41, 5.74) is 0. The van der Waals surface area contributed by atoms with Gasteiger partial charge in [-0.25, -0.2) is 0 Å². The molecule has 0 heterocycles. The van der Waals surface area contributed by atoms with E-state index in [1.807, 2.05) is 24.8 Å². The van der Waals surface area contributed by atoms with Crippen molar-refractivity contribution in [1.29, 1.82) is 0 Å². The maximum atomic E-state index is 5.05. The van der Waals surface area contributed by atoms with Crippen LogP contribution in [0.25, 0.3) is 0 Å². The Kier molecular flexibility index (Phi) is 6.20. The third-order valence-corrected chi connectivity index (χ3v) is 3.04. The van der Waals surface area contributed by atoms with Gasteiger partial charge in [0.1, 0.15) is 0 Å². The van der Waals surface area contributed by atoms with E-state index in [9.17, 15) is 0 Å². The Labute approximate surface area is 101 Å². The van der Waals surface area contributed by atoms with E-state index in [0.29, 0.717) is 0 Å². The molecular weight excluding hydrogens is 224 g/mol. The first kappa shape index (κ1) is 12.3. The summed E-state index contributed by atoms with van der Waals surface area (Å²) >= 11 is 6.88. The van der Waals surface area contributed by atoms with Gasteiger partial charge >= 0.3 is 0 Å². The van der Waals surface area contributed by atoms with Gasteiger partial charge in [0.25, 0.3) is 0 Å². The lowest BCUT2D eigenvalue weighted by Gasteiger charge is -2.08. The van der Waals surface area contributed by atoms with Crippen LogP contribution >= 0.6 is 24.0 Å². The quantitative estimate of drug-likeness (QED) is 0.468. The summed E-state index contributed by atoms with van der Waals surface area (Å²) in [5.74, 6) is 1.02.